The van der Waals surface area contributed by atoms with Gasteiger partial charge in [-0.2, -0.15) is 14.4 Å². The monoisotopic (exact) mass is 271 g/mol. The van der Waals surface area contributed by atoms with Crippen molar-refractivity contribution in [3.05, 3.63) is 16.4 Å². The molecule has 0 bridgehead atoms. The van der Waals surface area contributed by atoms with Crippen molar-refractivity contribution >= 4 is 17.1 Å². The van der Waals surface area contributed by atoms with Gasteiger partial charge in [0.1, 0.15) is 0 Å². The van der Waals surface area contributed by atoms with Gasteiger partial charge >= 0.3 is 0 Å². The summed E-state index contributed by atoms with van der Waals surface area (Å²) in [6.45, 7) is -0.286. The molecule has 0 aliphatic heterocycles. The van der Waals surface area contributed by atoms with Crippen LogP contribution in [-0.2, 0) is 6.54 Å². The standard InChI is InChI=1S/C10H14FN5O3/c11-9-13-6-7(14-10(12)15-8(6)19)16(9)2-1-5(3-17)4-18/h5,17-18H,1-4H2,(H3,12,14,15,19). The smallest absolute Gasteiger partial charge is 0.291 e. The first-order valence-electron chi connectivity index (χ1n) is 5.70. The van der Waals surface area contributed by atoms with Crippen molar-refractivity contribution in [3.8, 4) is 0 Å². The Morgan fingerprint density at radius 3 is 2.68 bits per heavy atom. The number of anilines is 1. The molecule has 0 atom stereocenters. The van der Waals surface area contributed by atoms with Gasteiger partial charge in [0.2, 0.25) is 5.95 Å². The minimum absolute atomic E-state index is 0.0494. The van der Waals surface area contributed by atoms with Gasteiger partial charge in [-0.3, -0.25) is 14.3 Å². The Labute approximate surface area is 106 Å². The Balaban J connectivity index is 2.37. The topological polar surface area (TPSA) is 130 Å². The summed E-state index contributed by atoms with van der Waals surface area (Å²) in [6.07, 6.45) is -0.530. The number of aromatic amines is 1. The number of aryl methyl sites for hydroxylation is 1. The number of aliphatic hydroxyl groups is 2. The maximum Gasteiger partial charge on any atom is 0.291 e. The van der Waals surface area contributed by atoms with Gasteiger partial charge in [0.05, 0.1) is 0 Å². The minimum Gasteiger partial charge on any atom is -0.396 e. The summed E-state index contributed by atoms with van der Waals surface area (Å²) in [6, 6.07) is 0. The molecule has 8 nitrogen and oxygen atoms in total. The third-order valence-corrected chi connectivity index (χ3v) is 2.85. The fraction of sp³-hybridized carbons (Fsp3) is 0.500. The number of nitrogens with two attached hydrogens (primary N) is 1. The van der Waals surface area contributed by atoms with E-state index in [1.54, 1.807) is 0 Å². The molecular formula is C10H14FN5O3. The lowest BCUT2D eigenvalue weighted by atomic mass is 10.1. The van der Waals surface area contributed by atoms with Crippen LogP contribution in [0.2, 0.25) is 0 Å². The minimum atomic E-state index is -0.853. The van der Waals surface area contributed by atoms with Crippen LogP contribution in [0.3, 0.4) is 0 Å². The number of aromatic nitrogens is 4. The number of H-pyrrole nitrogens is 1. The number of aliphatic hydroxyl groups excluding tert-OH is 2. The number of imidazole rings is 1. The molecular weight excluding hydrogens is 257 g/mol. The van der Waals surface area contributed by atoms with Gasteiger partial charge in [-0.25, -0.2) is 0 Å². The van der Waals surface area contributed by atoms with Crippen LogP contribution in [0.5, 0.6) is 0 Å². The molecule has 104 valence electrons. The molecule has 0 spiro atoms. The Morgan fingerprint density at radius 2 is 2.05 bits per heavy atom. The summed E-state index contributed by atoms with van der Waals surface area (Å²) in [4.78, 5) is 21.1. The fourth-order valence-corrected chi connectivity index (χ4v) is 1.75. The lowest BCUT2D eigenvalue weighted by Gasteiger charge is -2.11. The number of hydrogen-bond acceptors (Lipinski definition) is 6. The van der Waals surface area contributed by atoms with Crippen molar-refractivity contribution in [2.24, 2.45) is 5.92 Å². The molecule has 2 aromatic heterocycles. The Morgan fingerprint density at radius 1 is 1.37 bits per heavy atom. The zero-order chi connectivity index (χ0) is 14.0. The first-order valence-corrected chi connectivity index (χ1v) is 5.70. The number of halogens is 1. The van der Waals surface area contributed by atoms with Crippen LogP contribution in [0.25, 0.3) is 11.2 Å². The van der Waals surface area contributed by atoms with Crippen molar-refractivity contribution in [2.45, 2.75) is 13.0 Å². The lowest BCUT2D eigenvalue weighted by molar-refractivity contribution is 0.139. The Hall–Kier alpha value is -2.00. The molecule has 0 unspecified atom stereocenters. The maximum atomic E-state index is 13.7. The van der Waals surface area contributed by atoms with Gasteiger partial charge in [0, 0.05) is 25.7 Å². The van der Waals surface area contributed by atoms with Crippen LogP contribution in [0, 0.1) is 12.0 Å². The summed E-state index contributed by atoms with van der Waals surface area (Å²) in [5, 5.41) is 17.9. The summed E-state index contributed by atoms with van der Waals surface area (Å²) < 4.78 is 14.8. The van der Waals surface area contributed by atoms with E-state index in [-0.39, 0.29) is 42.8 Å². The van der Waals surface area contributed by atoms with Crippen molar-refractivity contribution in [2.75, 3.05) is 18.9 Å². The quantitative estimate of drug-likeness (QED) is 0.507. The Bertz CT molecular complexity index is 634. The van der Waals surface area contributed by atoms with E-state index in [9.17, 15) is 9.18 Å². The van der Waals surface area contributed by atoms with E-state index in [1.165, 1.54) is 0 Å². The molecule has 0 radical (unpaired) electrons. The second kappa shape index (κ2) is 5.33. The van der Waals surface area contributed by atoms with Gasteiger partial charge < -0.3 is 15.9 Å². The van der Waals surface area contributed by atoms with Gasteiger partial charge in [0.15, 0.2) is 11.2 Å². The Kier molecular flexibility index (Phi) is 3.76. The molecule has 0 fully saturated rings. The highest BCUT2D eigenvalue weighted by Crippen LogP contribution is 2.13. The number of nitrogen functional groups attached to an aromatic ring is 1. The van der Waals surface area contributed by atoms with Crippen molar-refractivity contribution in [1.82, 2.24) is 19.5 Å². The van der Waals surface area contributed by atoms with Gasteiger partial charge in [-0.15, -0.1) is 0 Å². The van der Waals surface area contributed by atoms with E-state index in [2.05, 4.69) is 15.0 Å². The van der Waals surface area contributed by atoms with Gasteiger partial charge in [-0.1, -0.05) is 0 Å². The van der Waals surface area contributed by atoms with E-state index in [4.69, 9.17) is 15.9 Å². The first-order chi connectivity index (χ1) is 9.06. The molecule has 19 heavy (non-hydrogen) atoms. The highest BCUT2D eigenvalue weighted by Gasteiger charge is 2.16. The van der Waals surface area contributed by atoms with E-state index in [0.717, 1.165) is 4.57 Å². The van der Waals surface area contributed by atoms with Crippen LogP contribution < -0.4 is 11.3 Å². The van der Waals surface area contributed by atoms with Crippen molar-refractivity contribution in [3.63, 3.8) is 0 Å². The number of fused-ring (bicyclic) bond motifs is 1. The van der Waals surface area contributed by atoms with Crippen LogP contribution in [0.15, 0.2) is 4.79 Å². The summed E-state index contributed by atoms with van der Waals surface area (Å²) in [5.74, 6) is -0.490. The molecule has 0 saturated heterocycles. The van der Waals surface area contributed by atoms with Crippen LogP contribution in [0.4, 0.5) is 10.3 Å². The van der Waals surface area contributed by atoms with E-state index < -0.39 is 11.6 Å². The first kappa shape index (κ1) is 13.4. The second-order valence-electron chi connectivity index (χ2n) is 4.18. The predicted octanol–water partition coefficient (Wildman–Crippen LogP) is -1.17. The normalized spacial score (nSPS) is 11.6. The highest BCUT2D eigenvalue weighted by atomic mass is 19.1. The molecule has 2 aromatic rings. The summed E-state index contributed by atoms with van der Waals surface area (Å²) >= 11 is 0. The number of rotatable bonds is 5. The molecule has 0 aliphatic carbocycles. The maximum absolute atomic E-state index is 13.7. The zero-order valence-electron chi connectivity index (χ0n) is 10.0. The lowest BCUT2D eigenvalue weighted by Crippen LogP contribution is -2.16. The van der Waals surface area contributed by atoms with Gasteiger partial charge in [0.25, 0.3) is 11.6 Å². The molecule has 2 heterocycles. The molecule has 0 aromatic carbocycles. The van der Waals surface area contributed by atoms with E-state index >= 15 is 0 Å². The largest absolute Gasteiger partial charge is 0.396 e. The molecule has 5 N–H and O–H groups in total. The summed E-state index contributed by atoms with van der Waals surface area (Å²) in [5.41, 5.74) is 4.71. The highest BCUT2D eigenvalue weighted by molar-refractivity contribution is 5.70. The van der Waals surface area contributed by atoms with Crippen LogP contribution >= 0.6 is 0 Å². The number of nitrogens with one attached hydrogen (secondary N) is 1. The average molecular weight is 271 g/mol. The average Bonchev–Trinajstić information content (AvgIpc) is 2.68. The predicted molar refractivity (Wildman–Crippen MR) is 64.8 cm³/mol. The van der Waals surface area contributed by atoms with Crippen LogP contribution in [-0.4, -0.2) is 42.9 Å². The van der Waals surface area contributed by atoms with E-state index in [0.29, 0.717) is 6.42 Å². The number of nitrogens with zero attached hydrogens (tertiary/aromatic N) is 3. The van der Waals surface area contributed by atoms with Gasteiger partial charge in [-0.05, 0) is 6.42 Å². The number of hydrogen-bond donors (Lipinski definition) is 4. The third kappa shape index (κ3) is 2.56. The SMILES string of the molecule is Nc1nc2c(nc(F)n2CCC(CO)CO)c(=O)[nH]1. The van der Waals surface area contributed by atoms with Crippen molar-refractivity contribution < 1.29 is 14.6 Å². The zero-order valence-corrected chi connectivity index (χ0v) is 10.0. The molecule has 0 saturated carbocycles. The third-order valence-electron chi connectivity index (χ3n) is 2.85. The molecule has 9 heteroatoms. The molecule has 2 rings (SSSR count). The molecule has 0 aliphatic rings. The van der Waals surface area contributed by atoms with Crippen molar-refractivity contribution in [1.29, 1.82) is 0 Å². The fourth-order valence-electron chi connectivity index (χ4n) is 1.75. The summed E-state index contributed by atoms with van der Waals surface area (Å²) in [7, 11) is 0. The van der Waals surface area contributed by atoms with Crippen LogP contribution in [0.1, 0.15) is 6.42 Å². The molecule has 0 amide bonds. The second-order valence-corrected chi connectivity index (χ2v) is 4.18. The van der Waals surface area contributed by atoms with E-state index in [1.807, 2.05) is 0 Å².